The minimum absolute atomic E-state index is 0.150. The minimum atomic E-state index is -0.447. The van der Waals surface area contributed by atoms with E-state index in [0.29, 0.717) is 39.4 Å². The molecule has 8 nitrogen and oxygen atoms in total. The normalized spacial score (nSPS) is 21.4. The Bertz CT molecular complexity index is 1660. The van der Waals surface area contributed by atoms with Crippen molar-refractivity contribution in [3.8, 4) is 17.1 Å². The Kier molecular flexibility index (Phi) is 6.35. The van der Waals surface area contributed by atoms with Gasteiger partial charge in [0.1, 0.15) is 11.3 Å². The molecule has 4 aromatic rings. The lowest BCUT2D eigenvalue weighted by Crippen LogP contribution is -2.58. The molecule has 0 unspecified atom stereocenters. The van der Waals surface area contributed by atoms with Gasteiger partial charge in [-0.1, -0.05) is 23.7 Å². The summed E-state index contributed by atoms with van der Waals surface area (Å²) in [6.07, 6.45) is 8.77. The monoisotopic (exact) mass is 589 g/mol. The van der Waals surface area contributed by atoms with Crippen LogP contribution in [0.5, 0.6) is 6.01 Å². The maximum absolute atomic E-state index is 16.7. The summed E-state index contributed by atoms with van der Waals surface area (Å²) in [6.45, 7) is 7.82. The van der Waals surface area contributed by atoms with Gasteiger partial charge in [0.05, 0.1) is 23.3 Å². The van der Waals surface area contributed by atoms with Crippen molar-refractivity contribution in [1.29, 1.82) is 0 Å². The van der Waals surface area contributed by atoms with Crippen molar-refractivity contribution in [2.45, 2.75) is 38.5 Å². The van der Waals surface area contributed by atoms with Gasteiger partial charge in [-0.25, -0.2) is 4.39 Å². The van der Waals surface area contributed by atoms with Crippen LogP contribution < -0.4 is 15.0 Å². The zero-order valence-electron chi connectivity index (χ0n) is 24.1. The Labute approximate surface area is 250 Å². The van der Waals surface area contributed by atoms with Gasteiger partial charge in [-0.15, -0.1) is 0 Å². The first-order valence-corrected chi connectivity index (χ1v) is 15.7. The average Bonchev–Trinajstić information content (AvgIpc) is 3.34. The fraction of sp³-hybridized carbons (Fsp3) is 0.531. The molecule has 4 aliphatic rings. The third-order valence-electron chi connectivity index (χ3n) is 10.2. The van der Waals surface area contributed by atoms with Gasteiger partial charge in [-0.05, 0) is 74.7 Å². The number of ether oxygens (including phenoxy) is 1. The first kappa shape index (κ1) is 26.6. The topological polar surface area (TPSA) is 71.3 Å². The molecule has 8 rings (SSSR count). The Morgan fingerprint density at radius 1 is 1.02 bits per heavy atom. The van der Waals surface area contributed by atoms with Gasteiger partial charge in [0.2, 0.25) is 0 Å². The van der Waals surface area contributed by atoms with Crippen LogP contribution in [0.2, 0.25) is 5.02 Å². The van der Waals surface area contributed by atoms with Crippen LogP contribution in [0.1, 0.15) is 38.5 Å². The van der Waals surface area contributed by atoms with Gasteiger partial charge in [-0.2, -0.15) is 15.1 Å². The number of likely N-dealkylation sites (tertiary alicyclic amines) is 1. The number of aromatic nitrogens is 4. The maximum atomic E-state index is 16.7. The third-order valence-corrected chi connectivity index (χ3v) is 10.5. The lowest BCUT2D eigenvalue weighted by atomic mass is 9.73. The minimum Gasteiger partial charge on any atom is -0.463 e. The summed E-state index contributed by atoms with van der Waals surface area (Å²) in [4.78, 5) is 14.5. The smallest absolute Gasteiger partial charge is 0.319 e. The molecular formula is C32H37ClFN7O. The van der Waals surface area contributed by atoms with E-state index in [0.717, 1.165) is 69.3 Å². The van der Waals surface area contributed by atoms with Gasteiger partial charge in [0.15, 0.2) is 5.82 Å². The second-order valence-electron chi connectivity index (χ2n) is 13.1. The number of fused-ring (bicyclic) bond motifs is 2. The average molecular weight is 590 g/mol. The molecule has 2 aromatic heterocycles. The Hall–Kier alpha value is -3.01. The van der Waals surface area contributed by atoms with Crippen LogP contribution in [-0.2, 0) is 7.05 Å². The van der Waals surface area contributed by atoms with Gasteiger partial charge in [0, 0.05) is 61.5 Å². The molecule has 1 aliphatic carbocycles. The molecule has 0 bridgehead atoms. The highest BCUT2D eigenvalue weighted by molar-refractivity contribution is 6.35. The molecule has 1 saturated carbocycles. The number of benzene rings is 2. The third kappa shape index (κ3) is 4.52. The first-order chi connectivity index (χ1) is 20.4. The highest BCUT2D eigenvalue weighted by Gasteiger charge is 2.45. The van der Waals surface area contributed by atoms with Crippen LogP contribution >= 0.6 is 11.6 Å². The zero-order chi connectivity index (χ0) is 28.5. The predicted octanol–water partition coefficient (Wildman–Crippen LogP) is 5.42. The van der Waals surface area contributed by atoms with Crippen molar-refractivity contribution in [1.82, 2.24) is 30.0 Å². The summed E-state index contributed by atoms with van der Waals surface area (Å²) in [7, 11) is 1.88. The van der Waals surface area contributed by atoms with E-state index in [9.17, 15) is 0 Å². The number of hydrogen-bond donors (Lipinski definition) is 1. The Morgan fingerprint density at radius 2 is 1.81 bits per heavy atom. The molecule has 220 valence electrons. The highest BCUT2D eigenvalue weighted by Crippen LogP contribution is 2.47. The van der Waals surface area contributed by atoms with Crippen molar-refractivity contribution < 1.29 is 9.13 Å². The molecule has 4 fully saturated rings. The summed E-state index contributed by atoms with van der Waals surface area (Å²) in [5.41, 5.74) is 2.74. The number of nitrogens with one attached hydrogen (secondary N) is 1. The van der Waals surface area contributed by atoms with Crippen molar-refractivity contribution >= 4 is 39.2 Å². The van der Waals surface area contributed by atoms with Crippen LogP contribution in [0, 0.1) is 16.6 Å². The summed E-state index contributed by atoms with van der Waals surface area (Å²) in [6, 6.07) is 7.87. The van der Waals surface area contributed by atoms with E-state index in [2.05, 4.69) is 20.2 Å². The molecule has 0 amide bonds. The Morgan fingerprint density at radius 3 is 2.52 bits per heavy atom. The Balaban J connectivity index is 1.19. The van der Waals surface area contributed by atoms with E-state index in [-0.39, 0.29) is 16.9 Å². The first-order valence-electron chi connectivity index (χ1n) is 15.3. The van der Waals surface area contributed by atoms with E-state index in [1.807, 2.05) is 31.3 Å². The summed E-state index contributed by atoms with van der Waals surface area (Å²) in [5, 5.41) is 9.66. The van der Waals surface area contributed by atoms with Crippen LogP contribution in [0.3, 0.4) is 0 Å². The van der Waals surface area contributed by atoms with Gasteiger partial charge in [0.25, 0.3) is 0 Å². The van der Waals surface area contributed by atoms with Crippen LogP contribution in [0.25, 0.3) is 32.9 Å². The van der Waals surface area contributed by atoms with Gasteiger partial charge < -0.3 is 19.9 Å². The molecular weight excluding hydrogens is 553 g/mol. The molecule has 10 heteroatoms. The number of halogens is 2. The van der Waals surface area contributed by atoms with Crippen molar-refractivity contribution in [2.75, 3.05) is 57.3 Å². The number of hydrogen-bond acceptors (Lipinski definition) is 7. The van der Waals surface area contributed by atoms with E-state index in [1.54, 1.807) is 10.9 Å². The van der Waals surface area contributed by atoms with Crippen molar-refractivity contribution in [2.24, 2.45) is 17.9 Å². The van der Waals surface area contributed by atoms with Gasteiger partial charge >= 0.3 is 6.01 Å². The quantitative estimate of drug-likeness (QED) is 0.309. The molecule has 0 atom stereocenters. The SMILES string of the molecule is Cn1ncc2c(-c3c(Cl)cc4c(N5CCC6(CC5)CNC6)nc(OCC5(CN6CCCC6)CC5)nc4c3F)cccc21. The fourth-order valence-corrected chi connectivity index (χ4v) is 7.58. The second-order valence-corrected chi connectivity index (χ2v) is 13.5. The van der Waals surface area contributed by atoms with Crippen molar-refractivity contribution in [3.05, 3.63) is 41.3 Å². The lowest BCUT2D eigenvalue weighted by molar-refractivity contribution is 0.126. The molecule has 3 saturated heterocycles. The number of rotatable bonds is 7. The van der Waals surface area contributed by atoms with Crippen LogP contribution in [-0.4, -0.2) is 77.1 Å². The molecule has 0 radical (unpaired) electrons. The van der Waals surface area contributed by atoms with Crippen molar-refractivity contribution in [3.63, 3.8) is 0 Å². The van der Waals surface area contributed by atoms with E-state index >= 15 is 4.39 Å². The highest BCUT2D eigenvalue weighted by atomic mass is 35.5. The van der Waals surface area contributed by atoms with Gasteiger partial charge in [-0.3, -0.25) is 4.68 Å². The molecule has 2 aromatic carbocycles. The maximum Gasteiger partial charge on any atom is 0.319 e. The molecule has 42 heavy (non-hydrogen) atoms. The second kappa shape index (κ2) is 10.0. The molecule has 3 aliphatic heterocycles. The largest absolute Gasteiger partial charge is 0.463 e. The summed E-state index contributed by atoms with van der Waals surface area (Å²) < 4.78 is 24.9. The van der Waals surface area contributed by atoms with E-state index in [1.165, 1.54) is 25.9 Å². The van der Waals surface area contributed by atoms with E-state index < -0.39 is 5.82 Å². The fourth-order valence-electron chi connectivity index (χ4n) is 7.29. The van der Waals surface area contributed by atoms with E-state index in [4.69, 9.17) is 26.3 Å². The predicted molar refractivity (Wildman–Crippen MR) is 164 cm³/mol. The zero-order valence-corrected chi connectivity index (χ0v) is 24.9. The summed E-state index contributed by atoms with van der Waals surface area (Å²) >= 11 is 6.90. The molecule has 5 heterocycles. The van der Waals surface area contributed by atoms with Crippen LogP contribution in [0.15, 0.2) is 30.5 Å². The lowest BCUT2D eigenvalue weighted by Gasteiger charge is -2.48. The molecule has 1 spiro atoms. The standard InChI is InChI=1S/C32H37ClFN7O/c1-39-25-6-4-5-21(23(25)16-36-39)26-24(33)15-22-28(27(26)34)37-30(42-20-32(7-8-32)19-40-11-2-3-12-40)38-29(22)41-13-9-31(10-14-41)17-35-18-31/h4-6,15-16,35H,2-3,7-14,17-20H2,1H3. The number of nitrogens with zero attached hydrogens (tertiary/aromatic N) is 6. The number of piperidine rings is 1. The number of anilines is 1. The molecule has 1 N–H and O–H groups in total. The summed E-state index contributed by atoms with van der Waals surface area (Å²) in [5.74, 6) is 0.269. The number of aryl methyl sites for hydroxylation is 1. The van der Waals surface area contributed by atoms with Crippen LogP contribution in [0.4, 0.5) is 10.2 Å².